The molecule has 0 spiro atoms. The summed E-state index contributed by atoms with van der Waals surface area (Å²) in [5.41, 5.74) is -0.210. The Morgan fingerprint density at radius 2 is 1.96 bits per heavy atom. The third-order valence-electron chi connectivity index (χ3n) is 4.40. The summed E-state index contributed by atoms with van der Waals surface area (Å²) in [6.45, 7) is 6.83. The average molecular weight is 427 g/mol. The summed E-state index contributed by atoms with van der Waals surface area (Å²) in [4.78, 5) is 16.9. The highest BCUT2D eigenvalue weighted by Crippen LogP contribution is 2.25. The van der Waals surface area contributed by atoms with E-state index in [0.29, 0.717) is 24.8 Å². The Morgan fingerprint density at radius 1 is 1.29 bits per heavy atom. The van der Waals surface area contributed by atoms with Gasteiger partial charge in [0.05, 0.1) is 22.0 Å². The number of carbonyl (C=O) groups is 1. The molecule has 0 atom stereocenters. The Kier molecular flexibility index (Phi) is 5.79. The lowest BCUT2D eigenvalue weighted by molar-refractivity contribution is 0.0949. The molecular formula is C18H23ClN4O4S. The SMILES string of the molecule is CC(C)(C)c1nc(CNC(=O)c2cc(S(=O)(=O)N3CCCC3)ccc2Cl)no1. The second kappa shape index (κ2) is 7.81. The van der Waals surface area contributed by atoms with Crippen molar-refractivity contribution in [2.45, 2.75) is 50.5 Å². The van der Waals surface area contributed by atoms with Crippen LogP contribution in [0.4, 0.5) is 0 Å². The van der Waals surface area contributed by atoms with Gasteiger partial charge in [-0.15, -0.1) is 0 Å². The van der Waals surface area contributed by atoms with Crippen molar-refractivity contribution in [3.8, 4) is 0 Å². The van der Waals surface area contributed by atoms with Gasteiger partial charge in [0.25, 0.3) is 5.91 Å². The fourth-order valence-corrected chi connectivity index (χ4v) is 4.55. The van der Waals surface area contributed by atoms with E-state index in [1.54, 1.807) is 0 Å². The van der Waals surface area contributed by atoms with Crippen LogP contribution in [0.5, 0.6) is 0 Å². The summed E-state index contributed by atoms with van der Waals surface area (Å²) in [5, 5.41) is 6.66. The van der Waals surface area contributed by atoms with Crippen LogP contribution in [0.15, 0.2) is 27.6 Å². The second-order valence-corrected chi connectivity index (χ2v) is 10.0. The first kappa shape index (κ1) is 20.8. The van der Waals surface area contributed by atoms with Gasteiger partial charge in [0.1, 0.15) is 0 Å². The lowest BCUT2D eigenvalue weighted by Gasteiger charge is -2.16. The Morgan fingerprint density at radius 3 is 2.57 bits per heavy atom. The molecule has 0 aliphatic carbocycles. The molecule has 1 aliphatic rings. The molecule has 1 saturated heterocycles. The first-order valence-corrected chi connectivity index (χ1v) is 10.8. The Balaban J connectivity index is 1.75. The van der Waals surface area contributed by atoms with Crippen LogP contribution in [0, 0.1) is 0 Å². The second-order valence-electron chi connectivity index (χ2n) is 7.70. The lowest BCUT2D eigenvalue weighted by Crippen LogP contribution is -2.28. The molecule has 10 heteroatoms. The molecular weight excluding hydrogens is 404 g/mol. The molecule has 2 heterocycles. The molecule has 1 amide bonds. The van der Waals surface area contributed by atoms with E-state index in [1.807, 2.05) is 20.8 Å². The first-order valence-electron chi connectivity index (χ1n) is 9.00. The molecule has 1 aliphatic heterocycles. The monoisotopic (exact) mass is 426 g/mol. The summed E-state index contributed by atoms with van der Waals surface area (Å²) in [5.74, 6) is 0.286. The number of amides is 1. The Bertz CT molecular complexity index is 976. The van der Waals surface area contributed by atoms with Gasteiger partial charge in [0.15, 0.2) is 5.82 Å². The molecule has 2 aromatic rings. The quantitative estimate of drug-likeness (QED) is 0.787. The zero-order valence-corrected chi connectivity index (χ0v) is 17.6. The van der Waals surface area contributed by atoms with Gasteiger partial charge >= 0.3 is 0 Å². The topological polar surface area (TPSA) is 105 Å². The largest absolute Gasteiger partial charge is 0.345 e. The van der Waals surface area contributed by atoms with Crippen LogP contribution in [0.25, 0.3) is 0 Å². The van der Waals surface area contributed by atoms with Crippen molar-refractivity contribution in [3.63, 3.8) is 0 Å². The molecule has 0 saturated carbocycles. The molecule has 1 aromatic carbocycles. The first-order chi connectivity index (χ1) is 13.1. The van der Waals surface area contributed by atoms with E-state index in [2.05, 4.69) is 15.5 Å². The summed E-state index contributed by atoms with van der Waals surface area (Å²) >= 11 is 6.13. The maximum atomic E-state index is 12.7. The van der Waals surface area contributed by atoms with Gasteiger partial charge in [-0.25, -0.2) is 8.42 Å². The molecule has 28 heavy (non-hydrogen) atoms. The number of aromatic nitrogens is 2. The van der Waals surface area contributed by atoms with Gasteiger partial charge in [-0.3, -0.25) is 4.79 Å². The van der Waals surface area contributed by atoms with E-state index in [0.717, 1.165) is 12.8 Å². The van der Waals surface area contributed by atoms with E-state index < -0.39 is 15.9 Å². The van der Waals surface area contributed by atoms with Crippen molar-refractivity contribution in [1.82, 2.24) is 19.8 Å². The predicted octanol–water partition coefficient (Wildman–Crippen LogP) is 2.74. The Labute approximate surface area is 169 Å². The van der Waals surface area contributed by atoms with Gasteiger partial charge in [0.2, 0.25) is 15.9 Å². The number of benzene rings is 1. The van der Waals surface area contributed by atoms with Crippen molar-refractivity contribution in [1.29, 1.82) is 0 Å². The van der Waals surface area contributed by atoms with E-state index in [1.165, 1.54) is 22.5 Å². The van der Waals surface area contributed by atoms with Crippen LogP contribution < -0.4 is 5.32 Å². The van der Waals surface area contributed by atoms with Crippen molar-refractivity contribution in [2.75, 3.05) is 13.1 Å². The zero-order chi connectivity index (χ0) is 20.5. The molecule has 0 radical (unpaired) electrons. The van der Waals surface area contributed by atoms with Gasteiger partial charge in [-0.05, 0) is 31.0 Å². The molecule has 1 fully saturated rings. The molecule has 1 N–H and O–H groups in total. The highest BCUT2D eigenvalue weighted by molar-refractivity contribution is 7.89. The fourth-order valence-electron chi connectivity index (χ4n) is 2.80. The minimum Gasteiger partial charge on any atom is -0.345 e. The maximum absolute atomic E-state index is 12.7. The molecule has 3 rings (SSSR count). The van der Waals surface area contributed by atoms with E-state index in [4.69, 9.17) is 16.1 Å². The normalized spacial score (nSPS) is 15.7. The van der Waals surface area contributed by atoms with Gasteiger partial charge in [-0.2, -0.15) is 9.29 Å². The molecule has 1 aromatic heterocycles. The van der Waals surface area contributed by atoms with Crippen LogP contribution in [0.1, 0.15) is 55.7 Å². The average Bonchev–Trinajstić information content (AvgIpc) is 3.31. The summed E-state index contributed by atoms with van der Waals surface area (Å²) in [7, 11) is -3.64. The number of hydrogen-bond acceptors (Lipinski definition) is 6. The molecule has 152 valence electrons. The van der Waals surface area contributed by atoms with Gasteiger partial charge in [0, 0.05) is 18.5 Å². The van der Waals surface area contributed by atoms with Crippen LogP contribution in [-0.2, 0) is 22.0 Å². The zero-order valence-electron chi connectivity index (χ0n) is 16.0. The van der Waals surface area contributed by atoms with Gasteiger partial charge < -0.3 is 9.84 Å². The summed E-state index contributed by atoms with van der Waals surface area (Å²) in [6.07, 6.45) is 1.67. The van der Waals surface area contributed by atoms with Crippen LogP contribution in [-0.4, -0.2) is 41.9 Å². The predicted molar refractivity (Wildman–Crippen MR) is 104 cm³/mol. The third-order valence-corrected chi connectivity index (χ3v) is 6.63. The standard InChI is InChI=1S/C18H23ClN4O4S/c1-18(2,3)17-21-15(22-27-17)11-20-16(24)13-10-12(6-7-14(13)19)28(25,26)23-8-4-5-9-23/h6-7,10H,4-5,8-9,11H2,1-3H3,(H,20,24). The smallest absolute Gasteiger partial charge is 0.253 e. The van der Waals surface area contributed by atoms with Crippen molar-refractivity contribution >= 4 is 27.5 Å². The summed E-state index contributed by atoms with van der Waals surface area (Å²) in [6, 6.07) is 4.15. The number of nitrogens with zero attached hydrogens (tertiary/aromatic N) is 3. The number of hydrogen-bond donors (Lipinski definition) is 1. The molecule has 8 nitrogen and oxygen atoms in total. The number of rotatable bonds is 5. The molecule has 0 bridgehead atoms. The highest BCUT2D eigenvalue weighted by Gasteiger charge is 2.28. The van der Waals surface area contributed by atoms with Crippen LogP contribution in [0.2, 0.25) is 5.02 Å². The van der Waals surface area contributed by atoms with E-state index in [9.17, 15) is 13.2 Å². The fraction of sp³-hybridized carbons (Fsp3) is 0.500. The maximum Gasteiger partial charge on any atom is 0.253 e. The van der Waals surface area contributed by atoms with Crippen LogP contribution in [0.3, 0.4) is 0 Å². The lowest BCUT2D eigenvalue weighted by atomic mass is 9.97. The van der Waals surface area contributed by atoms with E-state index in [-0.39, 0.29) is 27.4 Å². The minimum absolute atomic E-state index is 0.0395. The van der Waals surface area contributed by atoms with Crippen molar-refractivity contribution in [3.05, 3.63) is 40.5 Å². The third kappa shape index (κ3) is 4.37. The number of halogens is 1. The van der Waals surface area contributed by atoms with Crippen molar-refractivity contribution in [2.24, 2.45) is 0 Å². The summed E-state index contributed by atoms with van der Waals surface area (Å²) < 4.78 is 32.0. The minimum atomic E-state index is -3.64. The van der Waals surface area contributed by atoms with Gasteiger partial charge in [-0.1, -0.05) is 37.5 Å². The molecule has 0 unspecified atom stereocenters. The Hall–Kier alpha value is -1.97. The number of nitrogens with one attached hydrogen (secondary N) is 1. The van der Waals surface area contributed by atoms with Crippen LogP contribution >= 0.6 is 11.6 Å². The number of carbonyl (C=O) groups excluding carboxylic acids is 1. The van der Waals surface area contributed by atoms with Crippen molar-refractivity contribution < 1.29 is 17.7 Å². The van der Waals surface area contributed by atoms with E-state index >= 15 is 0 Å². The number of sulfonamides is 1. The highest BCUT2D eigenvalue weighted by atomic mass is 35.5.